The molecular formula is C14H19N3. The minimum absolute atomic E-state index is 0.517. The summed E-state index contributed by atoms with van der Waals surface area (Å²) in [5.74, 6) is 1.11. The zero-order valence-electron chi connectivity index (χ0n) is 10.5. The summed E-state index contributed by atoms with van der Waals surface area (Å²) in [5.41, 5.74) is 3.77. The number of nitrogens with one attached hydrogen (secondary N) is 1. The van der Waals surface area contributed by atoms with Crippen LogP contribution in [0.25, 0.3) is 5.65 Å². The van der Waals surface area contributed by atoms with Gasteiger partial charge in [-0.15, -0.1) is 0 Å². The fraction of sp³-hybridized carbons (Fsp3) is 0.500. The minimum atomic E-state index is 0.517. The van der Waals surface area contributed by atoms with Crippen molar-refractivity contribution in [3.8, 4) is 0 Å². The van der Waals surface area contributed by atoms with Crippen LogP contribution >= 0.6 is 0 Å². The fourth-order valence-corrected chi connectivity index (χ4v) is 2.80. The Balaban J connectivity index is 2.18. The molecule has 3 heteroatoms. The number of pyridine rings is 1. The van der Waals surface area contributed by atoms with Crippen molar-refractivity contribution in [3.63, 3.8) is 0 Å². The quantitative estimate of drug-likeness (QED) is 0.857. The first-order chi connectivity index (χ1) is 8.27. The van der Waals surface area contributed by atoms with Crippen molar-refractivity contribution >= 4 is 5.65 Å². The monoisotopic (exact) mass is 229 g/mol. The normalized spacial score (nSPS) is 20.5. The Morgan fingerprint density at radius 1 is 1.41 bits per heavy atom. The zero-order valence-corrected chi connectivity index (χ0v) is 10.5. The summed E-state index contributed by atoms with van der Waals surface area (Å²) in [6, 6.07) is 6.23. The van der Waals surface area contributed by atoms with E-state index in [9.17, 15) is 0 Å². The third-order valence-corrected chi connectivity index (χ3v) is 3.59. The van der Waals surface area contributed by atoms with Crippen molar-refractivity contribution in [2.45, 2.75) is 32.1 Å². The molecule has 0 amide bonds. The van der Waals surface area contributed by atoms with Gasteiger partial charge >= 0.3 is 0 Å². The van der Waals surface area contributed by atoms with Crippen LogP contribution in [0.4, 0.5) is 0 Å². The van der Waals surface area contributed by atoms with Crippen molar-refractivity contribution in [3.05, 3.63) is 35.8 Å². The molecule has 1 atom stereocenters. The summed E-state index contributed by atoms with van der Waals surface area (Å²) in [5, 5.41) is 3.43. The number of aromatic nitrogens is 2. The maximum Gasteiger partial charge on any atom is 0.137 e. The second kappa shape index (κ2) is 4.15. The third kappa shape index (κ3) is 1.75. The molecule has 0 spiro atoms. The highest BCUT2D eigenvalue weighted by Crippen LogP contribution is 2.30. The number of hydrogen-bond acceptors (Lipinski definition) is 2. The molecule has 2 aromatic rings. The number of rotatable bonds is 2. The molecule has 0 bridgehead atoms. The van der Waals surface area contributed by atoms with Crippen LogP contribution in [0.1, 0.15) is 43.5 Å². The fourth-order valence-electron chi connectivity index (χ4n) is 2.80. The zero-order chi connectivity index (χ0) is 11.8. The predicted molar refractivity (Wildman–Crippen MR) is 69.5 cm³/mol. The molecule has 1 aliphatic rings. The van der Waals surface area contributed by atoms with Gasteiger partial charge in [0.1, 0.15) is 5.65 Å². The van der Waals surface area contributed by atoms with Crippen molar-refractivity contribution in [2.24, 2.45) is 0 Å². The Bertz CT molecular complexity index is 521. The van der Waals surface area contributed by atoms with E-state index in [1.807, 2.05) is 0 Å². The van der Waals surface area contributed by atoms with E-state index in [-0.39, 0.29) is 0 Å². The van der Waals surface area contributed by atoms with Gasteiger partial charge in [0.25, 0.3) is 0 Å². The van der Waals surface area contributed by atoms with Gasteiger partial charge in [0.05, 0.1) is 5.69 Å². The lowest BCUT2D eigenvalue weighted by Crippen LogP contribution is -2.10. The molecule has 17 heavy (non-hydrogen) atoms. The molecule has 90 valence electrons. The van der Waals surface area contributed by atoms with Gasteiger partial charge in [0, 0.05) is 24.4 Å². The maximum absolute atomic E-state index is 4.84. The van der Waals surface area contributed by atoms with Gasteiger partial charge in [-0.2, -0.15) is 0 Å². The summed E-state index contributed by atoms with van der Waals surface area (Å²) >= 11 is 0. The van der Waals surface area contributed by atoms with E-state index < -0.39 is 0 Å². The molecule has 3 nitrogen and oxygen atoms in total. The lowest BCUT2D eigenvalue weighted by atomic mass is 9.98. The lowest BCUT2D eigenvalue weighted by Gasteiger charge is -2.12. The summed E-state index contributed by atoms with van der Waals surface area (Å²) in [6.07, 6.45) is 3.34. The van der Waals surface area contributed by atoms with Crippen LogP contribution in [0, 0.1) is 0 Å². The van der Waals surface area contributed by atoms with Crippen molar-refractivity contribution < 1.29 is 0 Å². The highest BCUT2D eigenvalue weighted by Gasteiger charge is 2.25. The van der Waals surface area contributed by atoms with E-state index in [0.29, 0.717) is 11.8 Å². The van der Waals surface area contributed by atoms with Gasteiger partial charge in [0.15, 0.2) is 0 Å². The molecular weight excluding hydrogens is 210 g/mol. The standard InChI is InChI=1S/C14H19N3/c1-10(2)14-13(11-6-7-15-9-11)16-12-5-3-4-8-17(12)14/h3-5,8,10-11,15H,6-7,9H2,1-2H3. The first kappa shape index (κ1) is 10.8. The highest BCUT2D eigenvalue weighted by molar-refractivity contribution is 5.45. The van der Waals surface area contributed by atoms with E-state index in [2.05, 4.69) is 48.0 Å². The first-order valence-electron chi connectivity index (χ1n) is 6.45. The summed E-state index contributed by atoms with van der Waals surface area (Å²) < 4.78 is 2.25. The van der Waals surface area contributed by atoms with E-state index in [4.69, 9.17) is 4.98 Å². The molecule has 0 aromatic carbocycles. The Kier molecular flexibility index (Phi) is 2.63. The lowest BCUT2D eigenvalue weighted by molar-refractivity contribution is 0.700. The van der Waals surface area contributed by atoms with Crippen LogP contribution in [0.3, 0.4) is 0 Å². The van der Waals surface area contributed by atoms with Crippen LogP contribution < -0.4 is 5.32 Å². The van der Waals surface area contributed by atoms with Crippen LogP contribution in [0.15, 0.2) is 24.4 Å². The topological polar surface area (TPSA) is 29.3 Å². The third-order valence-electron chi connectivity index (χ3n) is 3.59. The predicted octanol–water partition coefficient (Wildman–Crippen LogP) is 2.53. The van der Waals surface area contributed by atoms with Gasteiger partial charge in [-0.3, -0.25) is 0 Å². The van der Waals surface area contributed by atoms with Gasteiger partial charge in [-0.1, -0.05) is 19.9 Å². The second-order valence-electron chi connectivity index (χ2n) is 5.16. The molecule has 0 saturated carbocycles. The van der Waals surface area contributed by atoms with Gasteiger partial charge in [-0.05, 0) is 31.0 Å². The van der Waals surface area contributed by atoms with E-state index >= 15 is 0 Å². The van der Waals surface area contributed by atoms with E-state index in [1.54, 1.807) is 0 Å². The number of fused-ring (bicyclic) bond motifs is 1. The van der Waals surface area contributed by atoms with Crippen LogP contribution in [0.2, 0.25) is 0 Å². The molecule has 3 rings (SSSR count). The highest BCUT2D eigenvalue weighted by atomic mass is 15.0. The number of hydrogen-bond donors (Lipinski definition) is 1. The second-order valence-corrected chi connectivity index (χ2v) is 5.16. The number of imidazole rings is 1. The van der Waals surface area contributed by atoms with Crippen molar-refractivity contribution in [1.82, 2.24) is 14.7 Å². The summed E-state index contributed by atoms with van der Waals surface area (Å²) in [7, 11) is 0. The van der Waals surface area contributed by atoms with Gasteiger partial charge < -0.3 is 9.72 Å². The Hall–Kier alpha value is -1.35. The molecule has 1 aliphatic heterocycles. The molecule has 0 radical (unpaired) electrons. The molecule has 2 aromatic heterocycles. The number of nitrogens with zero attached hydrogens (tertiary/aromatic N) is 2. The average molecular weight is 229 g/mol. The Morgan fingerprint density at radius 3 is 3.00 bits per heavy atom. The van der Waals surface area contributed by atoms with Crippen molar-refractivity contribution in [1.29, 1.82) is 0 Å². The summed E-state index contributed by atoms with van der Waals surface area (Å²) in [4.78, 5) is 4.84. The molecule has 0 aliphatic carbocycles. The molecule has 1 N–H and O–H groups in total. The average Bonchev–Trinajstić information content (AvgIpc) is 2.95. The van der Waals surface area contributed by atoms with Crippen LogP contribution in [-0.2, 0) is 0 Å². The van der Waals surface area contributed by atoms with Crippen LogP contribution in [0.5, 0.6) is 0 Å². The van der Waals surface area contributed by atoms with Gasteiger partial charge in [0.2, 0.25) is 0 Å². The molecule has 1 saturated heterocycles. The SMILES string of the molecule is CC(C)c1c(C2CCNC2)nc2ccccn12. The molecule has 3 heterocycles. The maximum atomic E-state index is 4.84. The largest absolute Gasteiger partial charge is 0.316 e. The minimum Gasteiger partial charge on any atom is -0.316 e. The first-order valence-corrected chi connectivity index (χ1v) is 6.45. The van der Waals surface area contributed by atoms with Crippen LogP contribution in [-0.4, -0.2) is 22.5 Å². The summed E-state index contributed by atoms with van der Waals surface area (Å²) in [6.45, 7) is 6.70. The molecule has 1 unspecified atom stereocenters. The Labute approximate surface area is 102 Å². The molecule has 1 fully saturated rings. The van der Waals surface area contributed by atoms with Gasteiger partial charge in [-0.25, -0.2) is 4.98 Å². The Morgan fingerprint density at radius 2 is 2.29 bits per heavy atom. The van der Waals surface area contributed by atoms with E-state index in [0.717, 1.165) is 18.7 Å². The smallest absolute Gasteiger partial charge is 0.137 e. The van der Waals surface area contributed by atoms with Crippen molar-refractivity contribution in [2.75, 3.05) is 13.1 Å². The van der Waals surface area contributed by atoms with E-state index in [1.165, 1.54) is 17.8 Å².